The fourth-order valence-corrected chi connectivity index (χ4v) is 5.92. The first kappa shape index (κ1) is 29.0. The monoisotopic (exact) mass is 565 g/mol. The van der Waals surface area contributed by atoms with Gasteiger partial charge < -0.3 is 14.4 Å². The van der Waals surface area contributed by atoms with Gasteiger partial charge in [0.2, 0.25) is 0 Å². The van der Waals surface area contributed by atoms with Crippen molar-refractivity contribution in [2.75, 3.05) is 6.61 Å². The molecule has 0 bridgehead atoms. The van der Waals surface area contributed by atoms with Crippen molar-refractivity contribution in [1.29, 1.82) is 0 Å². The number of fused-ring (bicyclic) bond motifs is 2. The third-order valence-electron chi connectivity index (χ3n) is 7.89. The molecule has 0 unspecified atom stereocenters. The van der Waals surface area contributed by atoms with Crippen molar-refractivity contribution in [2.45, 2.75) is 53.4 Å². The fraction of sp³-hybridized carbons (Fsp3) is 0.286. The number of pyridine rings is 2. The van der Waals surface area contributed by atoms with E-state index in [4.69, 9.17) is 9.72 Å². The molecule has 0 saturated carbocycles. The lowest BCUT2D eigenvalue weighted by atomic mass is 9.87. The van der Waals surface area contributed by atoms with E-state index in [9.17, 15) is 9.90 Å². The van der Waals surface area contributed by atoms with E-state index < -0.39 is 11.8 Å². The minimum absolute atomic E-state index is 0.217. The Labute approximate surface area is 245 Å². The number of aromatic nitrogens is 3. The van der Waals surface area contributed by atoms with Crippen LogP contribution in [-0.4, -0.2) is 32.2 Å². The van der Waals surface area contributed by atoms with Gasteiger partial charge in [0.1, 0.15) is 5.65 Å². The minimum atomic E-state index is -0.962. The molecule has 1 N–H and O–H groups in total. The van der Waals surface area contributed by atoms with Crippen LogP contribution in [0.4, 0.5) is 4.39 Å². The summed E-state index contributed by atoms with van der Waals surface area (Å²) < 4.78 is 23.2. The first-order valence-corrected chi connectivity index (χ1v) is 14.4. The van der Waals surface area contributed by atoms with Crippen LogP contribution in [0.25, 0.3) is 33.3 Å². The van der Waals surface area contributed by atoms with E-state index in [1.807, 2.05) is 62.9 Å². The molecule has 5 rings (SSSR count). The normalized spacial score (nSPS) is 14.0. The second-order valence-corrected chi connectivity index (χ2v) is 10.6. The maximum absolute atomic E-state index is 15.5. The van der Waals surface area contributed by atoms with Crippen LogP contribution in [0.5, 0.6) is 5.75 Å². The quantitative estimate of drug-likeness (QED) is 0.221. The summed E-state index contributed by atoms with van der Waals surface area (Å²) in [6.45, 7) is 8.36. The third-order valence-corrected chi connectivity index (χ3v) is 7.89. The Bertz CT molecular complexity index is 1760. The number of ether oxygens (including phenoxy) is 1. The number of nitrogens with zero attached hydrogens (tertiary/aromatic N) is 3. The number of benzene rings is 1. The number of hydrogen-bond donors (Lipinski definition) is 1. The first-order chi connectivity index (χ1) is 20.2. The fourth-order valence-electron chi connectivity index (χ4n) is 5.92. The highest BCUT2D eigenvalue weighted by molar-refractivity contribution is 6.01. The van der Waals surface area contributed by atoms with Gasteiger partial charge in [-0.3, -0.25) is 9.78 Å². The predicted molar refractivity (Wildman–Crippen MR) is 166 cm³/mol. The molecule has 0 saturated heterocycles. The molecule has 4 aromatic rings. The van der Waals surface area contributed by atoms with Crippen molar-refractivity contribution in [3.8, 4) is 16.9 Å². The van der Waals surface area contributed by atoms with Crippen molar-refractivity contribution in [1.82, 2.24) is 14.5 Å². The van der Waals surface area contributed by atoms with Gasteiger partial charge in [-0.25, -0.2) is 9.37 Å². The Kier molecular flexibility index (Phi) is 8.39. The highest BCUT2D eigenvalue weighted by Crippen LogP contribution is 2.43. The molecule has 0 spiro atoms. The zero-order valence-electron chi connectivity index (χ0n) is 24.8. The lowest BCUT2D eigenvalue weighted by Gasteiger charge is -2.23. The number of aryl methyl sites for hydroxylation is 2. The average Bonchev–Trinajstić information content (AvgIpc) is 3.30. The van der Waals surface area contributed by atoms with Gasteiger partial charge in [0, 0.05) is 36.1 Å². The van der Waals surface area contributed by atoms with E-state index in [1.165, 1.54) is 6.07 Å². The molecule has 0 fully saturated rings. The van der Waals surface area contributed by atoms with Crippen LogP contribution >= 0.6 is 0 Å². The number of allylic oxidation sites excluding steroid dienone is 6. The molecule has 1 aliphatic heterocycles. The number of aliphatic carboxylic acids is 1. The molecule has 0 amide bonds. The SMILES string of the molecule is C\C=C/C(=C\C(=C\CC)c1cccnc1)c1cc2c(-c3cc(F)c4c(c3C)CCCO4)c(CC(=O)O)c(C)nc2n1C. The van der Waals surface area contributed by atoms with Crippen molar-refractivity contribution < 1.29 is 19.0 Å². The molecule has 1 aliphatic rings. The van der Waals surface area contributed by atoms with Gasteiger partial charge >= 0.3 is 5.97 Å². The van der Waals surface area contributed by atoms with Gasteiger partial charge in [-0.2, -0.15) is 0 Å². The maximum Gasteiger partial charge on any atom is 0.307 e. The van der Waals surface area contributed by atoms with Crippen molar-refractivity contribution in [3.05, 3.63) is 100 Å². The van der Waals surface area contributed by atoms with Gasteiger partial charge in [0.15, 0.2) is 11.6 Å². The molecular weight excluding hydrogens is 529 g/mol. The summed E-state index contributed by atoms with van der Waals surface area (Å²) in [6, 6.07) is 7.51. The number of carbonyl (C=O) groups is 1. The lowest BCUT2D eigenvalue weighted by Crippen LogP contribution is -2.13. The highest BCUT2D eigenvalue weighted by Gasteiger charge is 2.26. The first-order valence-electron chi connectivity index (χ1n) is 14.4. The Morgan fingerprint density at radius 1 is 1.24 bits per heavy atom. The van der Waals surface area contributed by atoms with Crippen LogP contribution in [0.3, 0.4) is 0 Å². The zero-order chi connectivity index (χ0) is 30.0. The second kappa shape index (κ2) is 12.1. The molecule has 1 aromatic carbocycles. The standard InChI is InChI=1S/C35H36FN3O3/c1-6-10-23(25-12-8-14-37-20-25)16-24(11-7-2)31-18-29-33(28(19-32(40)41)22(4)38-35(29)39(31)5)27-17-30(36)34-26(21(27)3)13-9-15-42-34/h7-8,10-12,14,16-18,20H,6,9,13,15,19H2,1-5H3,(H,40,41)/b11-7-,23-10-,24-16+. The topological polar surface area (TPSA) is 77.2 Å². The lowest BCUT2D eigenvalue weighted by molar-refractivity contribution is -0.136. The van der Waals surface area contributed by atoms with Crippen LogP contribution in [0.2, 0.25) is 0 Å². The second-order valence-electron chi connectivity index (χ2n) is 10.6. The summed E-state index contributed by atoms with van der Waals surface area (Å²) in [5.41, 5.74) is 8.99. The van der Waals surface area contributed by atoms with Crippen LogP contribution in [-0.2, 0) is 24.7 Å². The summed E-state index contributed by atoms with van der Waals surface area (Å²) in [4.78, 5) is 21.3. The number of carboxylic acid groups (broad SMARTS) is 1. The average molecular weight is 566 g/mol. The molecule has 4 heterocycles. The summed E-state index contributed by atoms with van der Waals surface area (Å²) >= 11 is 0. The van der Waals surface area contributed by atoms with E-state index >= 15 is 4.39 Å². The highest BCUT2D eigenvalue weighted by atomic mass is 19.1. The van der Waals surface area contributed by atoms with Gasteiger partial charge in [-0.05, 0) is 103 Å². The van der Waals surface area contributed by atoms with Crippen LogP contribution in [0.15, 0.2) is 61.0 Å². The number of rotatable bonds is 8. The Morgan fingerprint density at radius 2 is 2.05 bits per heavy atom. The Morgan fingerprint density at radius 3 is 2.74 bits per heavy atom. The molecule has 0 radical (unpaired) electrons. The predicted octanol–water partition coefficient (Wildman–Crippen LogP) is 7.80. The summed E-state index contributed by atoms with van der Waals surface area (Å²) in [6.07, 6.45) is 14.1. The number of carboxylic acids is 1. The van der Waals surface area contributed by atoms with E-state index in [-0.39, 0.29) is 6.42 Å². The van der Waals surface area contributed by atoms with E-state index in [0.717, 1.165) is 51.8 Å². The van der Waals surface area contributed by atoms with Gasteiger partial charge in [-0.1, -0.05) is 31.2 Å². The smallest absolute Gasteiger partial charge is 0.307 e. The van der Waals surface area contributed by atoms with E-state index in [0.29, 0.717) is 46.8 Å². The van der Waals surface area contributed by atoms with Crippen LogP contribution in [0, 0.1) is 19.7 Å². The van der Waals surface area contributed by atoms with Gasteiger partial charge in [0.25, 0.3) is 0 Å². The summed E-state index contributed by atoms with van der Waals surface area (Å²) in [5, 5.41) is 10.7. The number of halogens is 1. The Balaban J connectivity index is 1.81. The molecule has 42 heavy (non-hydrogen) atoms. The summed E-state index contributed by atoms with van der Waals surface area (Å²) in [7, 11) is 1.96. The van der Waals surface area contributed by atoms with Crippen LogP contribution < -0.4 is 4.74 Å². The van der Waals surface area contributed by atoms with Crippen LogP contribution in [0.1, 0.15) is 60.3 Å². The van der Waals surface area contributed by atoms with Crippen molar-refractivity contribution >= 4 is 28.1 Å². The van der Waals surface area contributed by atoms with E-state index in [2.05, 4.69) is 30.1 Å². The number of hydrogen-bond acceptors (Lipinski definition) is 4. The van der Waals surface area contributed by atoms with E-state index in [1.54, 1.807) is 6.20 Å². The zero-order valence-corrected chi connectivity index (χ0v) is 24.8. The summed E-state index contributed by atoms with van der Waals surface area (Å²) in [5.74, 6) is -1.08. The minimum Gasteiger partial charge on any atom is -0.490 e. The van der Waals surface area contributed by atoms with Crippen molar-refractivity contribution in [2.24, 2.45) is 7.05 Å². The molecule has 0 aliphatic carbocycles. The molecule has 0 atom stereocenters. The van der Waals surface area contributed by atoms with Gasteiger partial charge in [0.05, 0.1) is 18.7 Å². The molecule has 3 aromatic heterocycles. The van der Waals surface area contributed by atoms with Crippen molar-refractivity contribution in [3.63, 3.8) is 0 Å². The molecule has 6 nitrogen and oxygen atoms in total. The Hall–Kier alpha value is -4.52. The maximum atomic E-state index is 15.5. The largest absolute Gasteiger partial charge is 0.490 e. The molecule has 7 heteroatoms. The molecular formula is C35H36FN3O3. The third kappa shape index (κ3) is 5.39. The molecule has 216 valence electrons. The van der Waals surface area contributed by atoms with Gasteiger partial charge in [-0.15, -0.1) is 0 Å².